The second-order valence-corrected chi connectivity index (χ2v) is 7.37. The second kappa shape index (κ2) is 6.88. The Balaban J connectivity index is 2.18. The van der Waals surface area contributed by atoms with Gasteiger partial charge in [-0.1, -0.05) is 18.2 Å². The number of rotatable bonds is 5. The molecule has 0 spiro atoms. The normalized spacial score (nSPS) is 11.2. The Kier molecular flexibility index (Phi) is 4.81. The highest BCUT2D eigenvalue weighted by molar-refractivity contribution is 7.18. The summed E-state index contributed by atoms with van der Waals surface area (Å²) in [6.45, 7) is 5.61. The maximum atomic E-state index is 14.0. The summed E-state index contributed by atoms with van der Waals surface area (Å²) in [4.78, 5) is 30.7. The molecular weight excluding hydrogens is 339 g/mol. The molecule has 0 aliphatic rings. The molecule has 0 unspecified atom stereocenters. The van der Waals surface area contributed by atoms with E-state index >= 15 is 0 Å². The van der Waals surface area contributed by atoms with Crippen molar-refractivity contribution in [3.63, 3.8) is 0 Å². The van der Waals surface area contributed by atoms with Crippen LogP contribution in [0.15, 0.2) is 29.1 Å². The van der Waals surface area contributed by atoms with Crippen LogP contribution in [-0.2, 0) is 17.8 Å². The standard InChI is InChI=1S/C19H19FN2O2S/c1-11(23)8-9-22-16(10-14-6-4-5-7-15(14)20)21-18-17(19(22)24)12(2)13(3)25-18/h4-7H,8-10H2,1-3H3. The molecule has 2 heterocycles. The monoisotopic (exact) mass is 358 g/mol. The van der Waals surface area contributed by atoms with Gasteiger partial charge in [0, 0.05) is 24.3 Å². The molecule has 6 heteroatoms. The lowest BCUT2D eigenvalue weighted by molar-refractivity contribution is -0.117. The van der Waals surface area contributed by atoms with Crippen LogP contribution in [0.2, 0.25) is 0 Å². The van der Waals surface area contributed by atoms with Crippen molar-refractivity contribution in [2.75, 3.05) is 0 Å². The first-order valence-corrected chi connectivity index (χ1v) is 8.92. The molecule has 0 bridgehead atoms. The van der Waals surface area contributed by atoms with E-state index in [2.05, 4.69) is 4.98 Å². The summed E-state index contributed by atoms with van der Waals surface area (Å²) in [5.41, 5.74) is 1.25. The number of fused-ring (bicyclic) bond motifs is 1. The molecule has 4 nitrogen and oxygen atoms in total. The lowest BCUT2D eigenvalue weighted by Gasteiger charge is -2.12. The Morgan fingerprint density at radius 2 is 2.00 bits per heavy atom. The fourth-order valence-electron chi connectivity index (χ4n) is 2.82. The third-order valence-corrected chi connectivity index (χ3v) is 5.46. The van der Waals surface area contributed by atoms with Gasteiger partial charge < -0.3 is 0 Å². The number of carbonyl (C=O) groups is 1. The maximum Gasteiger partial charge on any atom is 0.262 e. The van der Waals surface area contributed by atoms with Crippen LogP contribution in [0, 0.1) is 19.7 Å². The van der Waals surface area contributed by atoms with Crippen LogP contribution in [0.5, 0.6) is 0 Å². The molecule has 0 N–H and O–H groups in total. The molecule has 0 atom stereocenters. The number of thiophene rings is 1. The molecule has 2 aromatic heterocycles. The molecule has 0 saturated carbocycles. The summed E-state index contributed by atoms with van der Waals surface area (Å²) in [5, 5.41) is 0.600. The van der Waals surface area contributed by atoms with Crippen LogP contribution in [0.25, 0.3) is 10.2 Å². The van der Waals surface area contributed by atoms with Crippen molar-refractivity contribution in [2.45, 2.75) is 40.2 Å². The van der Waals surface area contributed by atoms with Gasteiger partial charge in [0.05, 0.1) is 5.39 Å². The summed E-state index contributed by atoms with van der Waals surface area (Å²) in [7, 11) is 0. The number of ketones is 1. The average Bonchev–Trinajstić information content (AvgIpc) is 2.83. The van der Waals surface area contributed by atoms with Gasteiger partial charge in [0.1, 0.15) is 22.3 Å². The van der Waals surface area contributed by atoms with Gasteiger partial charge >= 0.3 is 0 Å². The second-order valence-electron chi connectivity index (χ2n) is 6.17. The molecule has 0 aliphatic heterocycles. The van der Waals surface area contributed by atoms with Gasteiger partial charge in [-0.25, -0.2) is 9.37 Å². The van der Waals surface area contributed by atoms with Crippen molar-refractivity contribution in [1.29, 1.82) is 0 Å². The van der Waals surface area contributed by atoms with E-state index < -0.39 is 0 Å². The van der Waals surface area contributed by atoms with Crippen molar-refractivity contribution in [3.8, 4) is 0 Å². The summed E-state index contributed by atoms with van der Waals surface area (Å²) < 4.78 is 15.6. The lowest BCUT2D eigenvalue weighted by Crippen LogP contribution is -2.26. The fourth-order valence-corrected chi connectivity index (χ4v) is 3.85. The average molecular weight is 358 g/mol. The van der Waals surface area contributed by atoms with Crippen molar-refractivity contribution in [2.24, 2.45) is 0 Å². The number of halogens is 1. The molecule has 0 aliphatic carbocycles. The fraction of sp³-hybridized carbons (Fsp3) is 0.316. The van der Waals surface area contributed by atoms with Crippen molar-refractivity contribution >= 4 is 27.3 Å². The number of aryl methyl sites for hydroxylation is 2. The molecule has 130 valence electrons. The highest BCUT2D eigenvalue weighted by Crippen LogP contribution is 2.27. The number of Topliss-reactive ketones (excluding diaryl/α,β-unsaturated/α-hetero) is 1. The first kappa shape index (κ1) is 17.5. The first-order chi connectivity index (χ1) is 11.9. The molecule has 3 aromatic rings. The number of aromatic nitrogens is 2. The van der Waals surface area contributed by atoms with Crippen LogP contribution >= 0.6 is 11.3 Å². The van der Waals surface area contributed by atoms with Crippen molar-refractivity contribution < 1.29 is 9.18 Å². The Bertz CT molecular complexity index is 1020. The maximum absolute atomic E-state index is 14.0. The van der Waals surface area contributed by atoms with Gasteiger partial charge in [-0.15, -0.1) is 11.3 Å². The predicted molar refractivity (Wildman–Crippen MR) is 97.9 cm³/mol. The Labute approximate surface area is 149 Å². The molecule has 0 fully saturated rings. The quantitative estimate of drug-likeness (QED) is 0.697. The van der Waals surface area contributed by atoms with Crippen molar-refractivity contribution in [1.82, 2.24) is 9.55 Å². The van der Waals surface area contributed by atoms with Crippen LogP contribution < -0.4 is 5.56 Å². The SMILES string of the molecule is CC(=O)CCn1c(Cc2ccccc2F)nc2sc(C)c(C)c2c1=O. The number of nitrogens with zero attached hydrogens (tertiary/aromatic N) is 2. The number of hydrogen-bond donors (Lipinski definition) is 0. The highest BCUT2D eigenvalue weighted by Gasteiger charge is 2.17. The molecule has 0 saturated heterocycles. The molecule has 3 rings (SSSR count). The molecule has 0 amide bonds. The minimum absolute atomic E-state index is 0.00191. The van der Waals surface area contributed by atoms with Crippen LogP contribution in [0.3, 0.4) is 0 Å². The van der Waals surface area contributed by atoms with Gasteiger partial charge in [-0.3, -0.25) is 14.2 Å². The third kappa shape index (κ3) is 3.39. The van der Waals surface area contributed by atoms with Gasteiger partial charge in [-0.05, 0) is 38.0 Å². The molecule has 0 radical (unpaired) electrons. The Hall–Kier alpha value is -2.34. The van der Waals surface area contributed by atoms with Crippen molar-refractivity contribution in [3.05, 3.63) is 62.3 Å². The van der Waals surface area contributed by atoms with Gasteiger partial charge in [0.25, 0.3) is 5.56 Å². The highest BCUT2D eigenvalue weighted by atomic mass is 32.1. The number of benzene rings is 1. The summed E-state index contributed by atoms with van der Waals surface area (Å²) in [5.74, 6) is 0.167. The van der Waals surface area contributed by atoms with E-state index in [0.29, 0.717) is 21.6 Å². The first-order valence-electron chi connectivity index (χ1n) is 8.10. The topological polar surface area (TPSA) is 52.0 Å². The van der Waals surface area contributed by atoms with E-state index in [9.17, 15) is 14.0 Å². The molecule has 1 aromatic carbocycles. The number of carbonyl (C=O) groups excluding carboxylic acids is 1. The smallest absolute Gasteiger partial charge is 0.262 e. The largest absolute Gasteiger partial charge is 0.300 e. The van der Waals surface area contributed by atoms with Gasteiger partial charge in [0.2, 0.25) is 0 Å². The number of hydrogen-bond acceptors (Lipinski definition) is 4. The minimum Gasteiger partial charge on any atom is -0.300 e. The summed E-state index contributed by atoms with van der Waals surface area (Å²) >= 11 is 1.47. The van der Waals surface area contributed by atoms with E-state index in [-0.39, 0.29) is 36.5 Å². The Morgan fingerprint density at radius 3 is 2.68 bits per heavy atom. The van der Waals surface area contributed by atoms with E-state index in [1.807, 2.05) is 13.8 Å². The zero-order valence-electron chi connectivity index (χ0n) is 14.4. The van der Waals surface area contributed by atoms with E-state index in [1.54, 1.807) is 18.2 Å². The minimum atomic E-state index is -0.325. The Morgan fingerprint density at radius 1 is 1.28 bits per heavy atom. The van der Waals surface area contributed by atoms with E-state index in [4.69, 9.17) is 0 Å². The zero-order valence-corrected chi connectivity index (χ0v) is 15.2. The third-order valence-electron chi connectivity index (χ3n) is 4.36. The van der Waals surface area contributed by atoms with Crippen LogP contribution in [0.4, 0.5) is 4.39 Å². The summed E-state index contributed by atoms with van der Waals surface area (Å²) in [6.07, 6.45) is 0.464. The van der Waals surface area contributed by atoms with Crippen LogP contribution in [0.1, 0.15) is 35.2 Å². The van der Waals surface area contributed by atoms with E-state index in [0.717, 1.165) is 10.4 Å². The molecular formula is C19H19FN2O2S. The van der Waals surface area contributed by atoms with Gasteiger partial charge in [0.15, 0.2) is 0 Å². The van der Waals surface area contributed by atoms with E-state index in [1.165, 1.54) is 28.9 Å². The zero-order chi connectivity index (χ0) is 18.1. The lowest BCUT2D eigenvalue weighted by atomic mass is 10.1. The molecule has 25 heavy (non-hydrogen) atoms. The summed E-state index contributed by atoms with van der Waals surface area (Å²) in [6, 6.07) is 6.47. The predicted octanol–water partition coefficient (Wildman–Crippen LogP) is 3.78. The van der Waals surface area contributed by atoms with Gasteiger partial charge in [-0.2, -0.15) is 0 Å². The van der Waals surface area contributed by atoms with Crippen LogP contribution in [-0.4, -0.2) is 15.3 Å².